The molecule has 1 rings (SSSR count). The third-order valence-electron chi connectivity index (χ3n) is 3.68. The summed E-state index contributed by atoms with van der Waals surface area (Å²) in [6.45, 7) is 6.82. The molecule has 0 saturated carbocycles. The Balaban J connectivity index is 2.33. The van der Waals surface area contributed by atoms with Gasteiger partial charge >= 0.3 is 0 Å². The van der Waals surface area contributed by atoms with E-state index in [1.54, 1.807) is 0 Å². The Bertz CT molecular complexity index is 332. The van der Waals surface area contributed by atoms with Gasteiger partial charge in [0.1, 0.15) is 0 Å². The maximum absolute atomic E-state index is 3.69. The van der Waals surface area contributed by atoms with Crippen LogP contribution in [0.4, 0.5) is 5.69 Å². The molecule has 0 saturated heterocycles. The second-order valence-electron chi connectivity index (χ2n) is 5.66. The fourth-order valence-corrected chi connectivity index (χ4v) is 2.54. The molecule has 1 unspecified atom stereocenters. The van der Waals surface area contributed by atoms with E-state index in [2.05, 4.69) is 50.4 Å². The Labute approximate surface area is 119 Å². The molecule has 0 heterocycles. The van der Waals surface area contributed by atoms with Crippen LogP contribution in [-0.4, -0.2) is 6.04 Å². The summed E-state index contributed by atoms with van der Waals surface area (Å²) in [5.74, 6) is 0. The second kappa shape index (κ2) is 9.89. The van der Waals surface area contributed by atoms with Crippen LogP contribution >= 0.6 is 0 Å². The predicted octanol–water partition coefficient (Wildman–Crippen LogP) is 5.80. The molecule has 0 fully saturated rings. The lowest BCUT2D eigenvalue weighted by atomic mass is 10.0. The van der Waals surface area contributed by atoms with Crippen LogP contribution in [0, 0.1) is 0 Å². The van der Waals surface area contributed by atoms with Gasteiger partial charge in [-0.15, -0.1) is 0 Å². The number of aryl methyl sites for hydroxylation is 1. The molecule has 0 aliphatic heterocycles. The molecule has 0 aromatic heterocycles. The van der Waals surface area contributed by atoms with Gasteiger partial charge in [-0.25, -0.2) is 0 Å². The lowest BCUT2D eigenvalue weighted by Gasteiger charge is -2.18. The lowest BCUT2D eigenvalue weighted by molar-refractivity contribution is 0.578. The Morgan fingerprint density at radius 3 is 2.42 bits per heavy atom. The van der Waals surface area contributed by atoms with Crippen molar-refractivity contribution >= 4 is 5.69 Å². The Hall–Kier alpha value is -0.980. The van der Waals surface area contributed by atoms with Crippen molar-refractivity contribution in [1.82, 2.24) is 0 Å². The van der Waals surface area contributed by atoms with Gasteiger partial charge in [-0.05, 0) is 31.4 Å². The molecule has 1 heteroatoms. The number of unbranched alkanes of at least 4 members (excludes halogenated alkanes) is 4. The molecule has 1 aromatic rings. The van der Waals surface area contributed by atoms with Crippen molar-refractivity contribution in [3.63, 3.8) is 0 Å². The highest BCUT2D eigenvalue weighted by atomic mass is 14.9. The second-order valence-corrected chi connectivity index (χ2v) is 5.66. The monoisotopic (exact) mass is 261 g/mol. The first-order chi connectivity index (χ1) is 9.27. The lowest BCUT2D eigenvalue weighted by Crippen LogP contribution is -2.16. The summed E-state index contributed by atoms with van der Waals surface area (Å²) in [6.07, 6.45) is 10.5. The van der Waals surface area contributed by atoms with Crippen LogP contribution in [0.3, 0.4) is 0 Å². The molecule has 1 aromatic carbocycles. The molecule has 0 aliphatic rings. The van der Waals surface area contributed by atoms with Crippen LogP contribution < -0.4 is 5.32 Å². The molecule has 19 heavy (non-hydrogen) atoms. The largest absolute Gasteiger partial charge is 0.382 e. The molecule has 0 bridgehead atoms. The highest BCUT2D eigenvalue weighted by molar-refractivity contribution is 5.51. The van der Waals surface area contributed by atoms with Gasteiger partial charge in [0.05, 0.1) is 0 Å². The Morgan fingerprint density at radius 1 is 0.947 bits per heavy atom. The zero-order chi connectivity index (χ0) is 13.9. The summed E-state index contributed by atoms with van der Waals surface area (Å²) < 4.78 is 0. The number of hydrogen-bond acceptors (Lipinski definition) is 1. The molecule has 108 valence electrons. The highest BCUT2D eigenvalue weighted by Crippen LogP contribution is 2.19. The summed E-state index contributed by atoms with van der Waals surface area (Å²) in [7, 11) is 0. The van der Waals surface area contributed by atoms with Crippen LogP contribution in [0.5, 0.6) is 0 Å². The average Bonchev–Trinajstić information content (AvgIpc) is 2.41. The van der Waals surface area contributed by atoms with E-state index in [0.29, 0.717) is 6.04 Å². The van der Waals surface area contributed by atoms with E-state index >= 15 is 0 Å². The summed E-state index contributed by atoms with van der Waals surface area (Å²) in [5, 5.41) is 3.69. The van der Waals surface area contributed by atoms with Gasteiger partial charge in [0, 0.05) is 11.7 Å². The van der Waals surface area contributed by atoms with Crippen molar-refractivity contribution in [2.24, 2.45) is 0 Å². The first-order valence-electron chi connectivity index (χ1n) is 8.12. The van der Waals surface area contributed by atoms with Crippen molar-refractivity contribution in [3.05, 3.63) is 29.8 Å². The summed E-state index contributed by atoms with van der Waals surface area (Å²) in [5.41, 5.74) is 2.80. The van der Waals surface area contributed by atoms with Crippen LogP contribution in [0.2, 0.25) is 0 Å². The van der Waals surface area contributed by atoms with Gasteiger partial charge in [-0.3, -0.25) is 0 Å². The highest BCUT2D eigenvalue weighted by Gasteiger charge is 2.05. The van der Waals surface area contributed by atoms with E-state index < -0.39 is 0 Å². The van der Waals surface area contributed by atoms with Crippen LogP contribution in [-0.2, 0) is 6.42 Å². The van der Waals surface area contributed by atoms with Crippen molar-refractivity contribution in [3.8, 4) is 0 Å². The van der Waals surface area contributed by atoms with E-state index in [0.717, 1.165) is 0 Å². The zero-order valence-corrected chi connectivity index (χ0v) is 13.0. The number of nitrogens with one attached hydrogen (secondary N) is 1. The predicted molar refractivity (Wildman–Crippen MR) is 86.9 cm³/mol. The van der Waals surface area contributed by atoms with Gasteiger partial charge in [-0.2, -0.15) is 0 Å². The first-order valence-corrected chi connectivity index (χ1v) is 8.12. The molecule has 0 spiro atoms. The minimum atomic E-state index is 0.583. The summed E-state index contributed by atoms with van der Waals surface area (Å²) >= 11 is 0. The van der Waals surface area contributed by atoms with Crippen molar-refractivity contribution in [1.29, 1.82) is 0 Å². The minimum Gasteiger partial charge on any atom is -0.382 e. The fourth-order valence-electron chi connectivity index (χ4n) is 2.54. The van der Waals surface area contributed by atoms with Crippen LogP contribution in [0.25, 0.3) is 0 Å². The SMILES string of the molecule is CCCCCCCC(C)Nc1ccccc1CCC. The van der Waals surface area contributed by atoms with Crippen LogP contribution in [0.15, 0.2) is 24.3 Å². The van der Waals surface area contributed by atoms with Gasteiger partial charge in [0.2, 0.25) is 0 Å². The molecule has 0 radical (unpaired) electrons. The number of benzene rings is 1. The van der Waals surface area contributed by atoms with E-state index in [-0.39, 0.29) is 0 Å². The zero-order valence-electron chi connectivity index (χ0n) is 13.0. The fraction of sp³-hybridized carbons (Fsp3) is 0.667. The molecular formula is C18H31N. The third kappa shape index (κ3) is 6.66. The first kappa shape index (κ1) is 16.1. The smallest absolute Gasteiger partial charge is 0.0374 e. The number of rotatable bonds is 10. The van der Waals surface area contributed by atoms with Crippen molar-refractivity contribution in [2.75, 3.05) is 5.32 Å². The van der Waals surface area contributed by atoms with Gasteiger partial charge in [0.15, 0.2) is 0 Å². The average molecular weight is 261 g/mol. The van der Waals surface area contributed by atoms with E-state index in [4.69, 9.17) is 0 Å². The molecule has 0 aliphatic carbocycles. The Morgan fingerprint density at radius 2 is 1.68 bits per heavy atom. The molecule has 1 atom stereocenters. The van der Waals surface area contributed by atoms with E-state index in [9.17, 15) is 0 Å². The molecule has 1 nitrogen and oxygen atoms in total. The van der Waals surface area contributed by atoms with Gasteiger partial charge in [0.25, 0.3) is 0 Å². The summed E-state index contributed by atoms with van der Waals surface area (Å²) in [6, 6.07) is 9.33. The molecule has 1 N–H and O–H groups in total. The number of para-hydroxylation sites is 1. The summed E-state index contributed by atoms with van der Waals surface area (Å²) in [4.78, 5) is 0. The topological polar surface area (TPSA) is 12.0 Å². The third-order valence-corrected chi connectivity index (χ3v) is 3.68. The van der Waals surface area contributed by atoms with Gasteiger partial charge < -0.3 is 5.32 Å². The van der Waals surface area contributed by atoms with E-state index in [1.165, 1.54) is 62.6 Å². The van der Waals surface area contributed by atoms with Gasteiger partial charge in [-0.1, -0.05) is 70.6 Å². The standard InChI is InChI=1S/C18H31N/c1-4-6-7-8-9-13-16(3)19-18-15-11-10-14-17(18)12-5-2/h10-11,14-16,19H,4-9,12-13H2,1-3H3. The van der Waals surface area contributed by atoms with Crippen molar-refractivity contribution in [2.45, 2.75) is 78.2 Å². The van der Waals surface area contributed by atoms with Crippen LogP contribution in [0.1, 0.15) is 71.3 Å². The maximum atomic E-state index is 3.69. The number of hydrogen-bond donors (Lipinski definition) is 1. The van der Waals surface area contributed by atoms with Crippen molar-refractivity contribution < 1.29 is 0 Å². The maximum Gasteiger partial charge on any atom is 0.0374 e. The molecular weight excluding hydrogens is 230 g/mol. The minimum absolute atomic E-state index is 0.583. The van der Waals surface area contributed by atoms with E-state index in [1.807, 2.05) is 0 Å². The normalized spacial score (nSPS) is 12.4. The Kier molecular flexibility index (Phi) is 8.36. The molecule has 0 amide bonds. The quantitative estimate of drug-likeness (QED) is 0.525. The number of anilines is 1.